The Balaban J connectivity index is 2.64. The average Bonchev–Trinajstić information content (AvgIpc) is 2.22. The summed E-state index contributed by atoms with van der Waals surface area (Å²) in [4.78, 5) is 11.5. The van der Waals surface area contributed by atoms with Crippen molar-refractivity contribution >= 4 is 11.6 Å². The number of nitrogens with one attached hydrogen (secondary N) is 2. The fourth-order valence-corrected chi connectivity index (χ4v) is 1.32. The van der Waals surface area contributed by atoms with Gasteiger partial charge in [0.15, 0.2) is 0 Å². The van der Waals surface area contributed by atoms with Gasteiger partial charge in [0.2, 0.25) is 5.91 Å². The van der Waals surface area contributed by atoms with Gasteiger partial charge in [-0.3, -0.25) is 4.79 Å². The number of carbonyl (C=O) groups excluding carboxylic acids is 1. The lowest BCUT2D eigenvalue weighted by Gasteiger charge is -2.10. The van der Waals surface area contributed by atoms with Crippen molar-refractivity contribution in [2.75, 3.05) is 18.4 Å². The molecule has 3 nitrogen and oxygen atoms in total. The summed E-state index contributed by atoms with van der Waals surface area (Å²) in [6, 6.07) is 5.91. The molecule has 1 aromatic rings. The molecule has 0 radical (unpaired) electrons. The third kappa shape index (κ3) is 3.36. The lowest BCUT2D eigenvalue weighted by Crippen LogP contribution is -2.28. The third-order valence-corrected chi connectivity index (χ3v) is 2.41. The molecule has 0 aliphatic rings. The van der Waals surface area contributed by atoms with Gasteiger partial charge in [-0.15, -0.1) is 0 Å². The van der Waals surface area contributed by atoms with Crippen LogP contribution in [0, 0.1) is 13.8 Å². The molecule has 1 aromatic carbocycles. The fourth-order valence-electron chi connectivity index (χ4n) is 1.32. The summed E-state index contributed by atoms with van der Waals surface area (Å²) in [5.74, 6) is 0.00514. The lowest BCUT2D eigenvalue weighted by atomic mass is 10.1. The van der Waals surface area contributed by atoms with Gasteiger partial charge in [0, 0.05) is 5.69 Å². The van der Waals surface area contributed by atoms with Gasteiger partial charge in [0.05, 0.1) is 6.54 Å². The molecular formula is C12H18N2O. The van der Waals surface area contributed by atoms with Crippen molar-refractivity contribution in [1.82, 2.24) is 5.32 Å². The molecule has 15 heavy (non-hydrogen) atoms. The molecule has 82 valence electrons. The highest BCUT2D eigenvalue weighted by molar-refractivity contribution is 5.93. The standard InChI is InChI=1S/C12H18N2O/c1-4-13-8-12(15)14-11-7-5-6-9(2)10(11)3/h5-7,13H,4,8H2,1-3H3,(H,14,15). The molecule has 2 N–H and O–H groups in total. The Hall–Kier alpha value is -1.35. The second kappa shape index (κ2) is 5.51. The van der Waals surface area contributed by atoms with Crippen molar-refractivity contribution in [2.45, 2.75) is 20.8 Å². The first-order chi connectivity index (χ1) is 7.15. The van der Waals surface area contributed by atoms with E-state index in [1.165, 1.54) is 5.56 Å². The lowest BCUT2D eigenvalue weighted by molar-refractivity contribution is -0.115. The maximum atomic E-state index is 11.5. The quantitative estimate of drug-likeness (QED) is 0.789. The highest BCUT2D eigenvalue weighted by Gasteiger charge is 2.04. The van der Waals surface area contributed by atoms with Crippen LogP contribution in [0.2, 0.25) is 0 Å². The summed E-state index contributed by atoms with van der Waals surface area (Å²) in [5.41, 5.74) is 3.22. The van der Waals surface area contributed by atoms with Crippen LogP contribution in [0.1, 0.15) is 18.1 Å². The zero-order valence-corrected chi connectivity index (χ0v) is 9.55. The molecule has 0 bridgehead atoms. The van der Waals surface area contributed by atoms with Crippen LogP contribution in [0.5, 0.6) is 0 Å². The molecule has 1 rings (SSSR count). The minimum Gasteiger partial charge on any atom is -0.325 e. The molecule has 0 unspecified atom stereocenters. The molecule has 0 saturated heterocycles. The van der Waals surface area contributed by atoms with E-state index >= 15 is 0 Å². The number of hydrogen-bond acceptors (Lipinski definition) is 2. The second-order valence-electron chi connectivity index (χ2n) is 3.58. The Kier molecular flexibility index (Phi) is 4.31. The predicted molar refractivity (Wildman–Crippen MR) is 63.1 cm³/mol. The third-order valence-electron chi connectivity index (χ3n) is 2.41. The van der Waals surface area contributed by atoms with E-state index < -0.39 is 0 Å². The average molecular weight is 206 g/mol. The van der Waals surface area contributed by atoms with Gasteiger partial charge in [0.25, 0.3) is 0 Å². The van der Waals surface area contributed by atoms with E-state index in [-0.39, 0.29) is 5.91 Å². The predicted octanol–water partition coefficient (Wildman–Crippen LogP) is 1.85. The second-order valence-corrected chi connectivity index (χ2v) is 3.58. The van der Waals surface area contributed by atoms with E-state index in [1.54, 1.807) is 0 Å². The molecular weight excluding hydrogens is 188 g/mol. The van der Waals surface area contributed by atoms with E-state index in [2.05, 4.69) is 10.6 Å². The van der Waals surface area contributed by atoms with E-state index in [1.807, 2.05) is 39.0 Å². The maximum absolute atomic E-state index is 11.5. The first kappa shape index (κ1) is 11.7. The SMILES string of the molecule is CCNCC(=O)Nc1cccc(C)c1C. The van der Waals surface area contributed by atoms with Crippen LogP contribution < -0.4 is 10.6 Å². The number of amides is 1. The number of likely N-dealkylation sites (N-methyl/N-ethyl adjacent to an activating group) is 1. The molecule has 0 aliphatic heterocycles. The Morgan fingerprint density at radius 2 is 2.07 bits per heavy atom. The molecule has 0 aliphatic carbocycles. The first-order valence-corrected chi connectivity index (χ1v) is 5.22. The smallest absolute Gasteiger partial charge is 0.238 e. The van der Waals surface area contributed by atoms with Crippen molar-refractivity contribution in [3.05, 3.63) is 29.3 Å². The molecule has 0 fully saturated rings. The van der Waals surface area contributed by atoms with E-state index in [0.717, 1.165) is 17.8 Å². The topological polar surface area (TPSA) is 41.1 Å². The van der Waals surface area contributed by atoms with Gasteiger partial charge in [-0.25, -0.2) is 0 Å². The van der Waals surface area contributed by atoms with Crippen molar-refractivity contribution in [1.29, 1.82) is 0 Å². The zero-order chi connectivity index (χ0) is 11.3. The number of carbonyl (C=O) groups is 1. The van der Waals surface area contributed by atoms with Crippen LogP contribution in [0.15, 0.2) is 18.2 Å². The largest absolute Gasteiger partial charge is 0.325 e. The van der Waals surface area contributed by atoms with Crippen molar-refractivity contribution in [3.63, 3.8) is 0 Å². The van der Waals surface area contributed by atoms with Crippen LogP contribution in [0.25, 0.3) is 0 Å². The molecule has 0 saturated carbocycles. The van der Waals surface area contributed by atoms with Crippen molar-refractivity contribution < 1.29 is 4.79 Å². The zero-order valence-electron chi connectivity index (χ0n) is 9.55. The highest BCUT2D eigenvalue weighted by Crippen LogP contribution is 2.17. The summed E-state index contributed by atoms with van der Waals surface area (Å²) in [5, 5.41) is 5.87. The summed E-state index contributed by atoms with van der Waals surface area (Å²) in [6.45, 7) is 7.20. The van der Waals surface area contributed by atoms with E-state index in [9.17, 15) is 4.79 Å². The summed E-state index contributed by atoms with van der Waals surface area (Å²) in [7, 11) is 0. The summed E-state index contributed by atoms with van der Waals surface area (Å²) < 4.78 is 0. The highest BCUT2D eigenvalue weighted by atomic mass is 16.1. The van der Waals surface area contributed by atoms with Gasteiger partial charge < -0.3 is 10.6 Å². The Bertz CT molecular complexity index is 347. The normalized spacial score (nSPS) is 10.1. The fraction of sp³-hybridized carbons (Fsp3) is 0.417. The minimum atomic E-state index is 0.00514. The van der Waals surface area contributed by atoms with Gasteiger partial charge in [-0.1, -0.05) is 19.1 Å². The van der Waals surface area contributed by atoms with Crippen molar-refractivity contribution in [2.24, 2.45) is 0 Å². The van der Waals surface area contributed by atoms with Gasteiger partial charge >= 0.3 is 0 Å². The van der Waals surface area contributed by atoms with Crippen LogP contribution in [0.4, 0.5) is 5.69 Å². The summed E-state index contributed by atoms with van der Waals surface area (Å²) in [6.07, 6.45) is 0. The molecule has 0 spiro atoms. The number of benzene rings is 1. The van der Waals surface area contributed by atoms with Crippen LogP contribution >= 0.6 is 0 Å². The van der Waals surface area contributed by atoms with Gasteiger partial charge in [-0.05, 0) is 37.6 Å². The Labute approximate surface area is 90.9 Å². The van der Waals surface area contributed by atoms with E-state index in [4.69, 9.17) is 0 Å². The van der Waals surface area contributed by atoms with Crippen molar-refractivity contribution in [3.8, 4) is 0 Å². The molecule has 3 heteroatoms. The summed E-state index contributed by atoms with van der Waals surface area (Å²) >= 11 is 0. The Morgan fingerprint density at radius 1 is 1.33 bits per heavy atom. The van der Waals surface area contributed by atoms with Gasteiger partial charge in [0.1, 0.15) is 0 Å². The van der Waals surface area contributed by atoms with E-state index in [0.29, 0.717) is 6.54 Å². The molecule has 0 heterocycles. The molecule has 1 amide bonds. The molecule has 0 atom stereocenters. The number of hydrogen-bond donors (Lipinski definition) is 2. The maximum Gasteiger partial charge on any atom is 0.238 e. The van der Waals surface area contributed by atoms with Crippen LogP contribution in [-0.2, 0) is 4.79 Å². The number of rotatable bonds is 4. The van der Waals surface area contributed by atoms with Gasteiger partial charge in [-0.2, -0.15) is 0 Å². The minimum absolute atomic E-state index is 0.00514. The number of anilines is 1. The van der Waals surface area contributed by atoms with Crippen LogP contribution in [0.3, 0.4) is 0 Å². The Morgan fingerprint density at radius 3 is 2.73 bits per heavy atom. The number of aryl methyl sites for hydroxylation is 1. The monoisotopic (exact) mass is 206 g/mol. The molecule has 0 aromatic heterocycles. The van der Waals surface area contributed by atoms with Crippen LogP contribution in [-0.4, -0.2) is 19.0 Å². The first-order valence-electron chi connectivity index (χ1n) is 5.22.